The van der Waals surface area contributed by atoms with E-state index >= 15 is 0 Å². The van der Waals surface area contributed by atoms with Crippen molar-refractivity contribution in [2.24, 2.45) is 0 Å². The van der Waals surface area contributed by atoms with E-state index in [1.165, 1.54) is 0 Å². The van der Waals surface area contributed by atoms with E-state index in [9.17, 15) is 4.79 Å². The Bertz CT molecular complexity index is 179. The molecule has 0 amide bonds. The van der Waals surface area contributed by atoms with Crippen molar-refractivity contribution >= 4 is 5.97 Å². The molecule has 0 aliphatic carbocycles. The highest BCUT2D eigenvalue weighted by Gasteiger charge is 2.16. The molecular weight excluding hydrogens is 168 g/mol. The van der Waals surface area contributed by atoms with E-state index in [4.69, 9.17) is 9.47 Å². The predicted octanol–water partition coefficient (Wildman–Crippen LogP) is 1.92. The molecule has 76 valence electrons. The standard InChI is InChI=1S/C10H18O3/c1-6-8(2)12-7-9(11)13-10(3,4)5/h6,8H,1,7H2,2-5H3/t8-/m0/s1. The van der Waals surface area contributed by atoms with Crippen LogP contribution < -0.4 is 0 Å². The SMILES string of the molecule is C=C[C@H](C)OCC(=O)OC(C)(C)C. The van der Waals surface area contributed by atoms with E-state index in [1.54, 1.807) is 6.08 Å². The Kier molecular flexibility index (Phi) is 4.70. The van der Waals surface area contributed by atoms with E-state index in [1.807, 2.05) is 27.7 Å². The van der Waals surface area contributed by atoms with Gasteiger partial charge >= 0.3 is 5.97 Å². The fourth-order valence-corrected chi connectivity index (χ4v) is 0.638. The molecule has 1 atom stereocenters. The van der Waals surface area contributed by atoms with Gasteiger partial charge in [-0.15, -0.1) is 6.58 Å². The zero-order valence-electron chi connectivity index (χ0n) is 8.79. The van der Waals surface area contributed by atoms with Crippen molar-refractivity contribution in [1.82, 2.24) is 0 Å². The molecule has 0 spiro atoms. The average Bonchev–Trinajstić information content (AvgIpc) is 1.97. The van der Waals surface area contributed by atoms with Crippen molar-refractivity contribution in [1.29, 1.82) is 0 Å². The van der Waals surface area contributed by atoms with E-state index in [2.05, 4.69) is 6.58 Å². The molecule has 13 heavy (non-hydrogen) atoms. The first-order valence-corrected chi connectivity index (χ1v) is 4.31. The minimum atomic E-state index is -0.447. The molecule has 0 bridgehead atoms. The first-order chi connectivity index (χ1) is 5.85. The van der Waals surface area contributed by atoms with E-state index < -0.39 is 5.60 Å². The van der Waals surface area contributed by atoms with Crippen LogP contribution in [0.3, 0.4) is 0 Å². The highest BCUT2D eigenvalue weighted by Crippen LogP contribution is 2.07. The van der Waals surface area contributed by atoms with Gasteiger partial charge in [0, 0.05) is 0 Å². The topological polar surface area (TPSA) is 35.5 Å². The van der Waals surface area contributed by atoms with Crippen LogP contribution in [0, 0.1) is 0 Å². The molecule has 0 aliphatic heterocycles. The van der Waals surface area contributed by atoms with Crippen LogP contribution in [0.1, 0.15) is 27.7 Å². The Labute approximate surface area is 79.7 Å². The maximum Gasteiger partial charge on any atom is 0.332 e. The first kappa shape index (κ1) is 12.2. The van der Waals surface area contributed by atoms with Crippen LogP contribution in [0.2, 0.25) is 0 Å². The number of rotatable bonds is 4. The van der Waals surface area contributed by atoms with Gasteiger partial charge in [-0.3, -0.25) is 0 Å². The fraction of sp³-hybridized carbons (Fsp3) is 0.700. The number of esters is 1. The Morgan fingerprint density at radius 2 is 2.08 bits per heavy atom. The third kappa shape index (κ3) is 7.53. The summed E-state index contributed by atoms with van der Waals surface area (Å²) in [6, 6.07) is 0. The summed E-state index contributed by atoms with van der Waals surface area (Å²) in [5, 5.41) is 0. The lowest BCUT2D eigenvalue weighted by molar-refractivity contribution is -0.161. The molecule has 0 radical (unpaired) electrons. The van der Waals surface area contributed by atoms with Crippen molar-refractivity contribution < 1.29 is 14.3 Å². The number of hydrogen-bond donors (Lipinski definition) is 0. The first-order valence-electron chi connectivity index (χ1n) is 4.31. The maximum atomic E-state index is 11.1. The largest absolute Gasteiger partial charge is 0.458 e. The van der Waals surface area contributed by atoms with Crippen molar-refractivity contribution in [3.63, 3.8) is 0 Å². The van der Waals surface area contributed by atoms with Crippen LogP contribution in [0.5, 0.6) is 0 Å². The number of ether oxygens (including phenoxy) is 2. The van der Waals surface area contributed by atoms with Gasteiger partial charge in [-0.2, -0.15) is 0 Å². The van der Waals surface area contributed by atoms with Gasteiger partial charge in [-0.1, -0.05) is 6.08 Å². The van der Waals surface area contributed by atoms with Crippen molar-refractivity contribution in [3.8, 4) is 0 Å². The monoisotopic (exact) mass is 186 g/mol. The van der Waals surface area contributed by atoms with Crippen molar-refractivity contribution in [2.45, 2.75) is 39.4 Å². The average molecular weight is 186 g/mol. The van der Waals surface area contributed by atoms with Crippen LogP contribution in [0.25, 0.3) is 0 Å². The van der Waals surface area contributed by atoms with Gasteiger partial charge in [-0.05, 0) is 27.7 Å². The number of carbonyl (C=O) groups excluding carboxylic acids is 1. The lowest BCUT2D eigenvalue weighted by Crippen LogP contribution is -2.27. The van der Waals surface area contributed by atoms with Gasteiger partial charge in [0.2, 0.25) is 0 Å². The van der Waals surface area contributed by atoms with Gasteiger partial charge in [0.25, 0.3) is 0 Å². The summed E-state index contributed by atoms with van der Waals surface area (Å²) in [6.07, 6.45) is 1.51. The molecule has 0 aromatic heterocycles. The number of hydrogen-bond acceptors (Lipinski definition) is 3. The molecule has 0 saturated carbocycles. The smallest absolute Gasteiger partial charge is 0.332 e. The summed E-state index contributed by atoms with van der Waals surface area (Å²) in [5.74, 6) is -0.346. The lowest BCUT2D eigenvalue weighted by atomic mass is 10.2. The second kappa shape index (κ2) is 5.02. The molecule has 0 aromatic rings. The van der Waals surface area contributed by atoms with Crippen LogP contribution in [-0.4, -0.2) is 24.3 Å². The summed E-state index contributed by atoms with van der Waals surface area (Å²) < 4.78 is 10.1. The third-order valence-electron chi connectivity index (χ3n) is 1.22. The molecule has 0 heterocycles. The molecular formula is C10H18O3. The molecule has 0 fully saturated rings. The van der Waals surface area contributed by atoms with Crippen LogP contribution >= 0.6 is 0 Å². The molecule has 0 saturated heterocycles. The maximum absolute atomic E-state index is 11.1. The van der Waals surface area contributed by atoms with E-state index in [-0.39, 0.29) is 18.7 Å². The quantitative estimate of drug-likeness (QED) is 0.497. The van der Waals surface area contributed by atoms with Crippen molar-refractivity contribution in [2.75, 3.05) is 6.61 Å². The van der Waals surface area contributed by atoms with E-state index in [0.717, 1.165) is 0 Å². The van der Waals surface area contributed by atoms with E-state index in [0.29, 0.717) is 0 Å². The Hall–Kier alpha value is -0.830. The van der Waals surface area contributed by atoms with Crippen LogP contribution in [-0.2, 0) is 14.3 Å². The van der Waals surface area contributed by atoms with Crippen LogP contribution in [0.4, 0.5) is 0 Å². The minimum Gasteiger partial charge on any atom is -0.458 e. The molecule has 0 rings (SSSR count). The Morgan fingerprint density at radius 1 is 1.54 bits per heavy atom. The van der Waals surface area contributed by atoms with Gasteiger partial charge < -0.3 is 9.47 Å². The minimum absolute atomic E-state index is 0.0234. The van der Waals surface area contributed by atoms with Crippen LogP contribution in [0.15, 0.2) is 12.7 Å². The highest BCUT2D eigenvalue weighted by molar-refractivity contribution is 5.71. The fourth-order valence-electron chi connectivity index (χ4n) is 0.638. The summed E-state index contributed by atoms with van der Waals surface area (Å²) in [4.78, 5) is 11.1. The van der Waals surface area contributed by atoms with Gasteiger partial charge in [0.05, 0.1) is 6.10 Å². The van der Waals surface area contributed by atoms with Crippen molar-refractivity contribution in [3.05, 3.63) is 12.7 Å². The summed E-state index contributed by atoms with van der Waals surface area (Å²) >= 11 is 0. The lowest BCUT2D eigenvalue weighted by Gasteiger charge is -2.19. The van der Waals surface area contributed by atoms with Gasteiger partial charge in [0.15, 0.2) is 0 Å². The van der Waals surface area contributed by atoms with Gasteiger partial charge in [0.1, 0.15) is 12.2 Å². The molecule has 0 aliphatic rings. The molecule has 0 unspecified atom stereocenters. The van der Waals surface area contributed by atoms with Gasteiger partial charge in [-0.25, -0.2) is 4.79 Å². The summed E-state index contributed by atoms with van der Waals surface area (Å²) in [5.41, 5.74) is -0.447. The second-order valence-corrected chi connectivity index (χ2v) is 3.84. The highest BCUT2D eigenvalue weighted by atomic mass is 16.6. The Balaban J connectivity index is 3.70. The zero-order chi connectivity index (χ0) is 10.5. The Morgan fingerprint density at radius 3 is 2.46 bits per heavy atom. The predicted molar refractivity (Wildman–Crippen MR) is 51.5 cm³/mol. The summed E-state index contributed by atoms with van der Waals surface area (Å²) in [6.45, 7) is 10.8. The molecule has 3 heteroatoms. The normalized spacial score (nSPS) is 13.5. The molecule has 0 aromatic carbocycles. The number of carbonyl (C=O) groups is 1. The molecule has 0 N–H and O–H groups in total. The zero-order valence-corrected chi connectivity index (χ0v) is 8.79. The summed E-state index contributed by atoms with van der Waals surface area (Å²) in [7, 11) is 0. The molecule has 3 nitrogen and oxygen atoms in total. The third-order valence-corrected chi connectivity index (χ3v) is 1.22. The second-order valence-electron chi connectivity index (χ2n) is 3.84.